The largest absolute Gasteiger partial charge is 0.462 e. The molecule has 0 bridgehead atoms. The van der Waals surface area contributed by atoms with Crippen LogP contribution in [0.15, 0.2) is 85.2 Å². The minimum Gasteiger partial charge on any atom is -0.462 e. The van der Waals surface area contributed by atoms with Crippen molar-refractivity contribution in [3.8, 4) is 22.5 Å². The van der Waals surface area contributed by atoms with Crippen LogP contribution in [0.2, 0.25) is 0 Å². The second-order valence-electron chi connectivity index (χ2n) is 19.7. The van der Waals surface area contributed by atoms with Gasteiger partial charge in [0.1, 0.15) is 0 Å². The van der Waals surface area contributed by atoms with E-state index in [0.29, 0.717) is 24.0 Å². The summed E-state index contributed by atoms with van der Waals surface area (Å²) in [5.41, 5.74) is 6.48. The van der Waals surface area contributed by atoms with Gasteiger partial charge in [0.25, 0.3) is 0 Å². The predicted octanol–water partition coefficient (Wildman–Crippen LogP) is 19.1. The SMILES string of the molecule is CCCCCCCCCc1ccc(-c2ccc(C(=O)OCCC(CCCCCC)C(F)(F)F)cc2)nc1.CCCCCCCCc1ccc(-c2ccc(C(=O)OCCC(CCCCCC)C(F)(F)F)cc2)nc1. The van der Waals surface area contributed by atoms with Crippen LogP contribution in [0.4, 0.5) is 26.3 Å². The highest BCUT2D eigenvalue weighted by Crippen LogP contribution is 2.34. The summed E-state index contributed by atoms with van der Waals surface area (Å²) in [6, 6.07) is 21.9. The number of ether oxygens (including phenoxy) is 2. The average molecular weight is 1030 g/mol. The zero-order valence-corrected chi connectivity index (χ0v) is 44.5. The van der Waals surface area contributed by atoms with E-state index < -0.39 is 36.1 Å². The Kier molecular flexibility index (Phi) is 31.1. The molecule has 2 unspecified atom stereocenters. The summed E-state index contributed by atoms with van der Waals surface area (Å²) in [4.78, 5) is 33.8. The third-order valence-electron chi connectivity index (χ3n) is 13.5. The lowest BCUT2D eigenvalue weighted by molar-refractivity contribution is -0.181. The van der Waals surface area contributed by atoms with Crippen molar-refractivity contribution < 1.29 is 45.4 Å². The Labute approximate surface area is 434 Å². The number of aryl methyl sites for hydroxylation is 2. The van der Waals surface area contributed by atoms with Crippen LogP contribution in [0.1, 0.15) is 220 Å². The highest BCUT2D eigenvalue weighted by molar-refractivity contribution is 5.90. The number of alkyl halides is 6. The van der Waals surface area contributed by atoms with Gasteiger partial charge in [0, 0.05) is 23.5 Å². The van der Waals surface area contributed by atoms with E-state index >= 15 is 0 Å². The van der Waals surface area contributed by atoms with E-state index in [2.05, 4.69) is 35.9 Å². The van der Waals surface area contributed by atoms with E-state index in [4.69, 9.17) is 9.47 Å². The number of carbonyl (C=O) groups is 2. The molecule has 0 saturated heterocycles. The van der Waals surface area contributed by atoms with Crippen LogP contribution < -0.4 is 0 Å². The maximum atomic E-state index is 13.3. The normalized spacial score (nSPS) is 12.5. The van der Waals surface area contributed by atoms with E-state index in [-0.39, 0.29) is 38.9 Å². The third kappa shape index (κ3) is 26.4. The molecule has 0 aliphatic heterocycles. The second-order valence-corrected chi connectivity index (χ2v) is 19.7. The first-order valence-corrected chi connectivity index (χ1v) is 27.8. The number of nitrogens with zero attached hydrogens (tertiary/aromatic N) is 2. The number of rotatable bonds is 35. The van der Waals surface area contributed by atoms with Crippen molar-refractivity contribution in [3.05, 3.63) is 107 Å². The van der Waals surface area contributed by atoms with E-state index in [1.807, 2.05) is 38.4 Å². The average Bonchev–Trinajstić information content (AvgIpc) is 3.38. The molecule has 73 heavy (non-hydrogen) atoms. The minimum absolute atomic E-state index is 0.0838. The monoisotopic (exact) mass is 1020 g/mol. The fraction of sp³-hybridized carbons (Fsp3) is 0.607. The van der Waals surface area contributed by atoms with Crippen molar-refractivity contribution in [2.75, 3.05) is 13.2 Å². The molecule has 12 heteroatoms. The standard InChI is InChI=1S/C31H44F3NO2.C30H42F3NO2/c1-3-5-7-9-10-11-12-14-25-16-21-29(35-24-25)26-17-19-27(20-18-26)30(36)37-23-22-28(31(32,33)34)15-13-8-6-4-2;1-3-5-7-9-10-11-13-24-15-20-28(34-23-24)25-16-18-26(19-17-25)29(35)36-22-21-27(30(31,32)33)14-12-8-6-4-2/h16-21,24,28H,3-15,22-23H2,1-2H3;15-20,23,27H,3-14,21-22H2,1-2H3. The molecule has 0 aliphatic carbocycles. The number of unbranched alkanes of at least 4 members (excludes halogenated alkanes) is 17. The van der Waals surface area contributed by atoms with Crippen LogP contribution in [-0.4, -0.2) is 47.5 Å². The molecule has 0 saturated carbocycles. The topological polar surface area (TPSA) is 78.4 Å². The van der Waals surface area contributed by atoms with E-state index in [1.165, 1.54) is 94.6 Å². The molecule has 0 radical (unpaired) electrons. The molecular formula is C61H86F6N2O4. The van der Waals surface area contributed by atoms with Crippen molar-refractivity contribution in [2.45, 2.75) is 213 Å². The molecule has 406 valence electrons. The smallest absolute Gasteiger partial charge is 0.391 e. The van der Waals surface area contributed by atoms with E-state index in [9.17, 15) is 35.9 Å². The van der Waals surface area contributed by atoms with Gasteiger partial charge >= 0.3 is 24.3 Å². The number of halogens is 6. The number of esters is 2. The Morgan fingerprint density at radius 1 is 0.411 bits per heavy atom. The molecule has 4 aromatic rings. The number of benzene rings is 2. The van der Waals surface area contributed by atoms with Crippen molar-refractivity contribution in [3.63, 3.8) is 0 Å². The molecule has 0 aliphatic rings. The Hall–Kier alpha value is -4.74. The molecule has 2 aromatic carbocycles. The van der Waals surface area contributed by atoms with Crippen molar-refractivity contribution in [2.24, 2.45) is 11.8 Å². The number of carbonyl (C=O) groups excluding carboxylic acids is 2. The maximum absolute atomic E-state index is 13.3. The zero-order valence-electron chi connectivity index (χ0n) is 44.5. The van der Waals surface area contributed by atoms with Crippen molar-refractivity contribution in [1.29, 1.82) is 0 Å². The summed E-state index contributed by atoms with van der Waals surface area (Å²) in [5, 5.41) is 0. The Morgan fingerprint density at radius 2 is 0.726 bits per heavy atom. The van der Waals surface area contributed by atoms with Gasteiger partial charge in [-0.3, -0.25) is 9.97 Å². The first-order valence-electron chi connectivity index (χ1n) is 27.8. The van der Waals surface area contributed by atoms with Gasteiger partial charge in [-0.05, 0) is 98.9 Å². The molecule has 0 spiro atoms. The minimum atomic E-state index is -4.27. The van der Waals surface area contributed by atoms with Crippen molar-refractivity contribution >= 4 is 11.9 Å². The van der Waals surface area contributed by atoms with Crippen molar-refractivity contribution in [1.82, 2.24) is 9.97 Å². The van der Waals surface area contributed by atoms with E-state index in [1.54, 1.807) is 48.5 Å². The fourth-order valence-corrected chi connectivity index (χ4v) is 8.77. The highest BCUT2D eigenvalue weighted by atomic mass is 19.4. The molecule has 0 fully saturated rings. The van der Waals surface area contributed by atoms with Gasteiger partial charge in [-0.2, -0.15) is 26.3 Å². The van der Waals surface area contributed by atoms with Gasteiger partial charge in [-0.15, -0.1) is 0 Å². The summed E-state index contributed by atoms with van der Waals surface area (Å²) < 4.78 is 90.0. The molecule has 0 amide bonds. The highest BCUT2D eigenvalue weighted by Gasteiger charge is 2.39. The van der Waals surface area contributed by atoms with Crippen LogP contribution in [0, 0.1) is 11.8 Å². The molecule has 2 atom stereocenters. The Bertz CT molecular complexity index is 2040. The van der Waals surface area contributed by atoms with Gasteiger partial charge < -0.3 is 9.47 Å². The summed E-state index contributed by atoms with van der Waals surface area (Å²) in [6.07, 6.45) is 20.2. The molecule has 0 N–H and O–H groups in total. The Morgan fingerprint density at radius 3 is 1.03 bits per heavy atom. The quantitative estimate of drug-likeness (QED) is 0.0260. The van der Waals surface area contributed by atoms with Gasteiger partial charge in [0.05, 0.1) is 47.6 Å². The lowest BCUT2D eigenvalue weighted by Gasteiger charge is -2.20. The summed E-state index contributed by atoms with van der Waals surface area (Å²) in [5.74, 6) is -4.06. The number of hydrogen-bond donors (Lipinski definition) is 0. The van der Waals surface area contributed by atoms with Gasteiger partial charge in [0.15, 0.2) is 0 Å². The number of pyridine rings is 2. The van der Waals surface area contributed by atoms with Gasteiger partial charge in [0.2, 0.25) is 0 Å². The van der Waals surface area contributed by atoms with Crippen LogP contribution in [0.3, 0.4) is 0 Å². The number of aromatic nitrogens is 2. The maximum Gasteiger partial charge on any atom is 0.391 e. The summed E-state index contributed by atoms with van der Waals surface area (Å²) in [7, 11) is 0. The van der Waals surface area contributed by atoms with Gasteiger partial charge in [-0.1, -0.05) is 186 Å². The number of hydrogen-bond acceptors (Lipinski definition) is 6. The molecule has 2 heterocycles. The van der Waals surface area contributed by atoms with Crippen LogP contribution in [-0.2, 0) is 22.3 Å². The molecular weight excluding hydrogens is 939 g/mol. The van der Waals surface area contributed by atoms with Crippen LogP contribution in [0.5, 0.6) is 0 Å². The summed E-state index contributed by atoms with van der Waals surface area (Å²) in [6.45, 7) is 8.03. The van der Waals surface area contributed by atoms with Gasteiger partial charge in [-0.25, -0.2) is 9.59 Å². The predicted molar refractivity (Wildman–Crippen MR) is 285 cm³/mol. The summed E-state index contributed by atoms with van der Waals surface area (Å²) >= 11 is 0. The van der Waals surface area contributed by atoms with Crippen LogP contribution in [0.25, 0.3) is 22.5 Å². The zero-order chi connectivity index (χ0) is 53.2. The molecule has 2 aromatic heterocycles. The molecule has 4 rings (SSSR count). The lowest BCUT2D eigenvalue weighted by atomic mass is 9.97. The lowest BCUT2D eigenvalue weighted by Crippen LogP contribution is -2.25. The van der Waals surface area contributed by atoms with Crippen LogP contribution >= 0.6 is 0 Å². The molecule has 6 nitrogen and oxygen atoms in total. The Balaban J connectivity index is 0.000000385. The second kappa shape index (κ2) is 36.2. The fourth-order valence-electron chi connectivity index (χ4n) is 8.77. The first-order chi connectivity index (χ1) is 35.2. The van der Waals surface area contributed by atoms with E-state index in [0.717, 1.165) is 73.9 Å². The third-order valence-corrected chi connectivity index (χ3v) is 13.5. The first kappa shape index (κ1) is 62.6.